The number of carbonyl (C=O) groups excluding carboxylic acids is 1. The van der Waals surface area contributed by atoms with Crippen LogP contribution in [-0.4, -0.2) is 45.0 Å². The maximum atomic E-state index is 12.4. The van der Waals surface area contributed by atoms with Gasteiger partial charge in [-0.1, -0.05) is 31.5 Å². The van der Waals surface area contributed by atoms with Crippen LogP contribution in [0.2, 0.25) is 0 Å². The maximum absolute atomic E-state index is 12.4. The summed E-state index contributed by atoms with van der Waals surface area (Å²) in [6, 6.07) is 13.3. The van der Waals surface area contributed by atoms with E-state index < -0.39 is 16.0 Å². The first-order valence-corrected chi connectivity index (χ1v) is 10.3. The Morgan fingerprint density at radius 1 is 0.926 bits per heavy atom. The van der Waals surface area contributed by atoms with Gasteiger partial charge in [0.25, 0.3) is 0 Å². The predicted molar refractivity (Wildman–Crippen MR) is 104 cm³/mol. The molecule has 2 aromatic rings. The molecule has 0 heterocycles. The van der Waals surface area contributed by atoms with Crippen LogP contribution >= 0.6 is 0 Å². The van der Waals surface area contributed by atoms with Gasteiger partial charge in [-0.05, 0) is 43.3 Å². The first kappa shape index (κ1) is 20.9. The Morgan fingerprint density at radius 2 is 1.52 bits per heavy atom. The molecule has 2 aromatic carbocycles. The highest BCUT2D eigenvalue weighted by molar-refractivity contribution is 7.89. The minimum Gasteiger partial charge on any atom is -0.490 e. The van der Waals surface area contributed by atoms with Crippen molar-refractivity contribution < 1.29 is 22.7 Å². The lowest BCUT2D eigenvalue weighted by molar-refractivity contribution is 0.0450. The molecule has 0 bridgehead atoms. The molecule has 0 aliphatic carbocycles. The molecule has 0 N–H and O–H groups in total. The van der Waals surface area contributed by atoms with Crippen LogP contribution in [0.1, 0.15) is 29.8 Å². The molecular formula is C20H25NO5S. The number of benzene rings is 2. The minimum atomic E-state index is -3.54. The van der Waals surface area contributed by atoms with Crippen LogP contribution in [0, 0.1) is 6.92 Å². The number of aryl methyl sites for hydroxylation is 1. The van der Waals surface area contributed by atoms with Gasteiger partial charge in [0.2, 0.25) is 10.0 Å². The van der Waals surface area contributed by atoms with E-state index in [1.165, 1.54) is 28.6 Å². The van der Waals surface area contributed by atoms with Gasteiger partial charge in [-0.2, -0.15) is 4.31 Å². The second-order valence-corrected chi connectivity index (χ2v) is 7.85. The fourth-order valence-corrected chi connectivity index (χ4v) is 3.95. The first-order valence-electron chi connectivity index (χ1n) is 8.85. The second-order valence-electron chi connectivity index (χ2n) is 5.91. The molecular weight excluding hydrogens is 366 g/mol. The standard InChI is InChI=1S/C20H25NO5S/c1-4-21(5-2)27(23,24)19-12-8-17(9-13-19)20(22)26-15-14-25-18-10-6-16(3)7-11-18/h6-13H,4-5,14-15H2,1-3H3. The summed E-state index contributed by atoms with van der Waals surface area (Å²) < 4.78 is 36.9. The quantitative estimate of drug-likeness (QED) is 0.485. The summed E-state index contributed by atoms with van der Waals surface area (Å²) in [4.78, 5) is 12.2. The largest absolute Gasteiger partial charge is 0.490 e. The summed E-state index contributed by atoms with van der Waals surface area (Å²) in [6.45, 7) is 6.68. The lowest BCUT2D eigenvalue weighted by Crippen LogP contribution is -2.30. The molecule has 0 radical (unpaired) electrons. The Balaban J connectivity index is 1.89. The number of sulfonamides is 1. The van der Waals surface area contributed by atoms with Crippen LogP contribution in [0.15, 0.2) is 53.4 Å². The van der Waals surface area contributed by atoms with E-state index >= 15 is 0 Å². The van der Waals surface area contributed by atoms with Crippen molar-refractivity contribution in [3.05, 3.63) is 59.7 Å². The molecule has 0 aliphatic heterocycles. The summed E-state index contributed by atoms with van der Waals surface area (Å²) in [5, 5.41) is 0. The van der Waals surface area contributed by atoms with Crippen LogP contribution < -0.4 is 4.74 Å². The molecule has 0 amide bonds. The van der Waals surface area contributed by atoms with E-state index in [1.54, 1.807) is 13.8 Å². The highest BCUT2D eigenvalue weighted by atomic mass is 32.2. The van der Waals surface area contributed by atoms with Crippen molar-refractivity contribution in [2.75, 3.05) is 26.3 Å². The minimum absolute atomic E-state index is 0.103. The highest BCUT2D eigenvalue weighted by Gasteiger charge is 2.21. The van der Waals surface area contributed by atoms with Crippen LogP contribution in [0.5, 0.6) is 5.75 Å². The predicted octanol–water partition coefficient (Wildman–Crippen LogP) is 3.26. The molecule has 0 aromatic heterocycles. The lowest BCUT2D eigenvalue weighted by atomic mass is 10.2. The molecule has 7 heteroatoms. The summed E-state index contributed by atoms with van der Waals surface area (Å²) >= 11 is 0. The Bertz CT molecular complexity index is 841. The monoisotopic (exact) mass is 391 g/mol. The van der Waals surface area contributed by atoms with Gasteiger partial charge in [-0.25, -0.2) is 13.2 Å². The van der Waals surface area contributed by atoms with Gasteiger partial charge in [-0.15, -0.1) is 0 Å². The fourth-order valence-electron chi connectivity index (χ4n) is 2.49. The normalized spacial score (nSPS) is 11.4. The van der Waals surface area contributed by atoms with Gasteiger partial charge < -0.3 is 9.47 Å². The summed E-state index contributed by atoms with van der Waals surface area (Å²) in [5.41, 5.74) is 1.43. The van der Waals surface area contributed by atoms with Crippen LogP contribution in [0.25, 0.3) is 0 Å². The zero-order chi connectivity index (χ0) is 19.9. The van der Waals surface area contributed by atoms with Crippen molar-refractivity contribution in [2.24, 2.45) is 0 Å². The molecule has 27 heavy (non-hydrogen) atoms. The topological polar surface area (TPSA) is 72.9 Å². The number of ether oxygens (including phenoxy) is 2. The van der Waals surface area contributed by atoms with E-state index in [1.807, 2.05) is 31.2 Å². The summed E-state index contributed by atoms with van der Waals surface area (Å²) in [7, 11) is -3.54. The number of carbonyl (C=O) groups is 1. The Labute approximate surface area is 160 Å². The SMILES string of the molecule is CCN(CC)S(=O)(=O)c1ccc(C(=O)OCCOc2ccc(C)cc2)cc1. The van der Waals surface area contributed by atoms with Crippen molar-refractivity contribution in [3.8, 4) is 5.75 Å². The Kier molecular flexibility index (Phi) is 7.38. The molecule has 6 nitrogen and oxygen atoms in total. The van der Waals surface area contributed by atoms with Gasteiger partial charge in [0.05, 0.1) is 10.5 Å². The summed E-state index contributed by atoms with van der Waals surface area (Å²) in [6.07, 6.45) is 0. The van der Waals surface area contributed by atoms with Gasteiger partial charge >= 0.3 is 5.97 Å². The van der Waals surface area contributed by atoms with Gasteiger partial charge in [-0.3, -0.25) is 0 Å². The van der Waals surface area contributed by atoms with Crippen molar-refractivity contribution in [1.82, 2.24) is 4.31 Å². The molecule has 0 spiro atoms. The number of hydrogen-bond donors (Lipinski definition) is 0. The average molecular weight is 391 g/mol. The Hall–Kier alpha value is -2.38. The zero-order valence-electron chi connectivity index (χ0n) is 15.8. The van der Waals surface area contributed by atoms with Gasteiger partial charge in [0, 0.05) is 13.1 Å². The molecule has 146 valence electrons. The Morgan fingerprint density at radius 3 is 2.07 bits per heavy atom. The van der Waals surface area contributed by atoms with E-state index in [0.29, 0.717) is 24.4 Å². The molecule has 0 aliphatic rings. The van der Waals surface area contributed by atoms with Crippen LogP contribution in [0.3, 0.4) is 0 Å². The molecule has 2 rings (SSSR count). The molecule has 0 unspecified atom stereocenters. The second kappa shape index (κ2) is 9.53. The van der Waals surface area contributed by atoms with Crippen molar-refractivity contribution in [2.45, 2.75) is 25.7 Å². The lowest BCUT2D eigenvalue weighted by Gasteiger charge is -2.18. The third-order valence-electron chi connectivity index (χ3n) is 4.04. The van der Waals surface area contributed by atoms with Crippen molar-refractivity contribution in [1.29, 1.82) is 0 Å². The zero-order valence-corrected chi connectivity index (χ0v) is 16.7. The fraction of sp³-hybridized carbons (Fsp3) is 0.350. The number of hydrogen-bond acceptors (Lipinski definition) is 5. The number of esters is 1. The van der Waals surface area contributed by atoms with Crippen molar-refractivity contribution in [3.63, 3.8) is 0 Å². The van der Waals surface area contributed by atoms with Crippen LogP contribution in [-0.2, 0) is 14.8 Å². The molecule has 0 saturated carbocycles. The van der Waals surface area contributed by atoms with Crippen LogP contribution in [0.4, 0.5) is 0 Å². The third-order valence-corrected chi connectivity index (χ3v) is 6.10. The van der Waals surface area contributed by atoms with Crippen molar-refractivity contribution >= 4 is 16.0 Å². The van der Waals surface area contributed by atoms with E-state index in [0.717, 1.165) is 5.56 Å². The van der Waals surface area contributed by atoms with E-state index in [9.17, 15) is 13.2 Å². The highest BCUT2D eigenvalue weighted by Crippen LogP contribution is 2.17. The molecule has 0 saturated heterocycles. The van der Waals surface area contributed by atoms with E-state index in [4.69, 9.17) is 9.47 Å². The summed E-state index contributed by atoms with van der Waals surface area (Å²) in [5.74, 6) is 0.192. The maximum Gasteiger partial charge on any atom is 0.338 e. The number of rotatable bonds is 9. The average Bonchev–Trinajstić information content (AvgIpc) is 2.67. The third kappa shape index (κ3) is 5.55. The van der Waals surface area contributed by atoms with Gasteiger partial charge in [0.15, 0.2) is 0 Å². The smallest absolute Gasteiger partial charge is 0.338 e. The van der Waals surface area contributed by atoms with E-state index in [2.05, 4.69) is 0 Å². The first-order chi connectivity index (χ1) is 12.9. The number of nitrogens with zero attached hydrogens (tertiary/aromatic N) is 1. The molecule has 0 atom stereocenters. The van der Waals surface area contributed by atoms with Gasteiger partial charge in [0.1, 0.15) is 19.0 Å². The molecule has 0 fully saturated rings. The van der Waals surface area contributed by atoms with E-state index in [-0.39, 0.29) is 18.1 Å².